The van der Waals surface area contributed by atoms with Crippen LogP contribution in [-0.2, 0) is 20.9 Å². The number of nitrogens with one attached hydrogen (secondary N) is 1. The third-order valence-corrected chi connectivity index (χ3v) is 5.22. The second kappa shape index (κ2) is 11.1. The molecule has 2 aromatic rings. The van der Waals surface area contributed by atoms with Crippen LogP contribution in [0, 0.1) is 5.92 Å². The van der Waals surface area contributed by atoms with Gasteiger partial charge in [-0.05, 0) is 60.9 Å². The van der Waals surface area contributed by atoms with Crippen LogP contribution >= 0.6 is 0 Å². The fourth-order valence-electron chi connectivity index (χ4n) is 3.57. The van der Waals surface area contributed by atoms with Crippen molar-refractivity contribution in [3.63, 3.8) is 0 Å². The first-order valence-corrected chi connectivity index (χ1v) is 10.5. The predicted octanol–water partition coefficient (Wildman–Crippen LogP) is 1.90. The van der Waals surface area contributed by atoms with Crippen LogP contribution in [0.3, 0.4) is 0 Å². The lowest BCUT2D eigenvalue weighted by molar-refractivity contribution is -0.123. The number of primary amides is 2. The van der Waals surface area contributed by atoms with Crippen LogP contribution in [0.5, 0.6) is 5.75 Å². The lowest BCUT2D eigenvalue weighted by Crippen LogP contribution is -2.40. The van der Waals surface area contributed by atoms with E-state index in [-0.39, 0.29) is 24.3 Å². The molecule has 1 aliphatic rings. The third kappa shape index (κ3) is 7.24. The van der Waals surface area contributed by atoms with E-state index in [2.05, 4.69) is 10.2 Å². The molecular formula is C24H28N4O4. The summed E-state index contributed by atoms with van der Waals surface area (Å²) in [5.41, 5.74) is 13.1. The average molecular weight is 437 g/mol. The standard InChI is InChI=1S/C24H28N4O4/c25-22(29)16-32-21-10-5-17(6-11-21)7-12-23(30)27-20-8-3-18(4-9-20)14-28-13-1-2-19(15-28)24(26)31/h3-12,19H,1-2,13-16H2,(H2,25,29)(H2,26,31)(H,27,30)/b12-7+. The molecule has 2 aromatic carbocycles. The number of carbonyl (C=O) groups is 3. The van der Waals surface area contributed by atoms with Crippen LogP contribution in [0.1, 0.15) is 24.0 Å². The number of likely N-dealkylation sites (tertiary alicyclic amines) is 1. The van der Waals surface area contributed by atoms with E-state index in [9.17, 15) is 14.4 Å². The Balaban J connectivity index is 1.48. The molecule has 3 amide bonds. The van der Waals surface area contributed by atoms with Gasteiger partial charge in [0.25, 0.3) is 5.91 Å². The number of nitrogens with two attached hydrogens (primary N) is 2. The normalized spacial score (nSPS) is 16.6. The Morgan fingerprint density at radius 1 is 1.06 bits per heavy atom. The summed E-state index contributed by atoms with van der Waals surface area (Å²) < 4.78 is 5.20. The molecule has 0 radical (unpaired) electrons. The van der Waals surface area contributed by atoms with Crippen LogP contribution < -0.4 is 21.5 Å². The van der Waals surface area contributed by atoms with E-state index in [0.717, 1.165) is 37.1 Å². The lowest BCUT2D eigenvalue weighted by atomic mass is 9.97. The zero-order valence-electron chi connectivity index (χ0n) is 17.8. The summed E-state index contributed by atoms with van der Waals surface area (Å²) in [7, 11) is 0. The maximum atomic E-state index is 12.2. The number of hydrogen-bond acceptors (Lipinski definition) is 5. The van der Waals surface area contributed by atoms with Crippen molar-refractivity contribution in [2.45, 2.75) is 19.4 Å². The van der Waals surface area contributed by atoms with Crippen molar-refractivity contribution in [3.8, 4) is 5.75 Å². The van der Waals surface area contributed by atoms with Gasteiger partial charge in [-0.3, -0.25) is 19.3 Å². The summed E-state index contributed by atoms with van der Waals surface area (Å²) in [4.78, 5) is 36.6. The number of nitrogens with zero attached hydrogens (tertiary/aromatic N) is 1. The molecule has 32 heavy (non-hydrogen) atoms. The van der Waals surface area contributed by atoms with Crippen molar-refractivity contribution in [3.05, 3.63) is 65.7 Å². The van der Waals surface area contributed by atoms with Gasteiger partial charge in [0.2, 0.25) is 11.8 Å². The Bertz CT molecular complexity index is 970. The van der Waals surface area contributed by atoms with E-state index in [4.69, 9.17) is 16.2 Å². The second-order valence-corrected chi connectivity index (χ2v) is 7.82. The number of anilines is 1. The SMILES string of the molecule is NC(=O)COc1ccc(/C=C/C(=O)Nc2ccc(CN3CCCC(C(N)=O)C3)cc2)cc1. The number of amides is 3. The summed E-state index contributed by atoms with van der Waals surface area (Å²) in [5, 5.41) is 2.83. The number of ether oxygens (including phenoxy) is 1. The molecule has 8 heteroatoms. The Kier molecular flexibility index (Phi) is 7.99. The monoisotopic (exact) mass is 436 g/mol. The smallest absolute Gasteiger partial charge is 0.255 e. The molecule has 1 saturated heterocycles. The van der Waals surface area contributed by atoms with Crippen LogP contribution in [0.2, 0.25) is 0 Å². The van der Waals surface area contributed by atoms with E-state index in [1.165, 1.54) is 6.08 Å². The molecule has 5 N–H and O–H groups in total. The van der Waals surface area contributed by atoms with Crippen molar-refractivity contribution >= 4 is 29.5 Å². The van der Waals surface area contributed by atoms with Gasteiger partial charge in [-0.2, -0.15) is 0 Å². The molecule has 1 heterocycles. The van der Waals surface area contributed by atoms with Gasteiger partial charge in [0.05, 0.1) is 5.92 Å². The fourth-order valence-corrected chi connectivity index (χ4v) is 3.57. The second-order valence-electron chi connectivity index (χ2n) is 7.82. The van der Waals surface area contributed by atoms with E-state index >= 15 is 0 Å². The molecule has 0 saturated carbocycles. The summed E-state index contributed by atoms with van der Waals surface area (Å²) in [5.74, 6) is -0.560. The van der Waals surface area contributed by atoms with Gasteiger partial charge in [-0.1, -0.05) is 24.3 Å². The zero-order chi connectivity index (χ0) is 22.9. The minimum absolute atomic E-state index is 0.0760. The number of hydrogen-bond donors (Lipinski definition) is 3. The van der Waals surface area contributed by atoms with Gasteiger partial charge in [-0.15, -0.1) is 0 Å². The molecule has 0 bridgehead atoms. The van der Waals surface area contributed by atoms with Crippen molar-refractivity contribution in [1.82, 2.24) is 4.90 Å². The van der Waals surface area contributed by atoms with E-state index < -0.39 is 5.91 Å². The zero-order valence-corrected chi connectivity index (χ0v) is 17.8. The van der Waals surface area contributed by atoms with Crippen molar-refractivity contribution < 1.29 is 19.1 Å². The van der Waals surface area contributed by atoms with Crippen molar-refractivity contribution in [2.24, 2.45) is 17.4 Å². The number of benzene rings is 2. The Morgan fingerprint density at radius 3 is 2.44 bits per heavy atom. The summed E-state index contributed by atoms with van der Waals surface area (Å²) in [6.07, 6.45) is 4.96. The Morgan fingerprint density at radius 2 is 1.78 bits per heavy atom. The van der Waals surface area contributed by atoms with Crippen LogP contribution in [0.4, 0.5) is 5.69 Å². The van der Waals surface area contributed by atoms with Crippen molar-refractivity contribution in [2.75, 3.05) is 25.0 Å². The van der Waals surface area contributed by atoms with Gasteiger partial charge < -0.3 is 21.5 Å². The molecule has 3 rings (SSSR count). The van der Waals surface area contributed by atoms with Gasteiger partial charge in [0, 0.05) is 24.9 Å². The number of piperidine rings is 1. The Hall–Kier alpha value is -3.65. The molecule has 0 aliphatic carbocycles. The molecule has 0 spiro atoms. The molecule has 8 nitrogen and oxygen atoms in total. The average Bonchev–Trinajstić information content (AvgIpc) is 2.78. The van der Waals surface area contributed by atoms with Crippen LogP contribution in [0.15, 0.2) is 54.6 Å². The first kappa shape index (κ1) is 23.0. The van der Waals surface area contributed by atoms with Gasteiger partial charge in [0.1, 0.15) is 5.75 Å². The first-order chi connectivity index (χ1) is 15.4. The Labute approximate surface area is 187 Å². The third-order valence-electron chi connectivity index (χ3n) is 5.22. The molecule has 1 unspecified atom stereocenters. The minimum atomic E-state index is -0.540. The summed E-state index contributed by atoms with van der Waals surface area (Å²) in [6.45, 7) is 2.21. The molecule has 0 aromatic heterocycles. The molecule has 1 atom stereocenters. The van der Waals surface area contributed by atoms with Crippen LogP contribution in [-0.4, -0.2) is 42.3 Å². The quantitative estimate of drug-likeness (QED) is 0.517. The highest BCUT2D eigenvalue weighted by Gasteiger charge is 2.23. The summed E-state index contributed by atoms with van der Waals surface area (Å²) in [6, 6.07) is 14.6. The van der Waals surface area contributed by atoms with Crippen LogP contribution in [0.25, 0.3) is 6.08 Å². The minimum Gasteiger partial charge on any atom is -0.484 e. The largest absolute Gasteiger partial charge is 0.484 e. The highest BCUT2D eigenvalue weighted by atomic mass is 16.5. The van der Waals surface area contributed by atoms with Gasteiger partial charge in [0.15, 0.2) is 6.61 Å². The fraction of sp³-hybridized carbons (Fsp3) is 0.292. The highest BCUT2D eigenvalue weighted by molar-refractivity contribution is 6.01. The predicted molar refractivity (Wildman–Crippen MR) is 122 cm³/mol. The summed E-state index contributed by atoms with van der Waals surface area (Å²) >= 11 is 0. The first-order valence-electron chi connectivity index (χ1n) is 10.5. The van der Waals surface area contributed by atoms with E-state index in [1.807, 2.05) is 24.3 Å². The molecular weight excluding hydrogens is 408 g/mol. The topological polar surface area (TPSA) is 128 Å². The van der Waals surface area contributed by atoms with Gasteiger partial charge >= 0.3 is 0 Å². The molecule has 168 valence electrons. The van der Waals surface area contributed by atoms with Crippen molar-refractivity contribution in [1.29, 1.82) is 0 Å². The maximum Gasteiger partial charge on any atom is 0.255 e. The van der Waals surface area contributed by atoms with E-state index in [1.54, 1.807) is 30.3 Å². The lowest BCUT2D eigenvalue weighted by Gasteiger charge is -2.31. The number of carbonyl (C=O) groups excluding carboxylic acids is 3. The molecule has 1 aliphatic heterocycles. The van der Waals surface area contributed by atoms with E-state index in [0.29, 0.717) is 18.0 Å². The maximum absolute atomic E-state index is 12.2. The van der Waals surface area contributed by atoms with Gasteiger partial charge in [-0.25, -0.2) is 0 Å². The number of rotatable bonds is 9. The molecule has 1 fully saturated rings. The highest BCUT2D eigenvalue weighted by Crippen LogP contribution is 2.19.